The molecule has 0 aliphatic heterocycles. The lowest BCUT2D eigenvalue weighted by atomic mass is 9.70. The fourth-order valence-electron chi connectivity index (χ4n) is 6.40. The smallest absolute Gasteiger partial charge is 0.128 e. The molecule has 0 heterocycles. The topological polar surface area (TPSA) is 88.2 Å². The standard InChI is InChI=1S/C44H56N2O2/c1-41(2,3)29-23-31(39(47)33(25-29)43(7,8)9)37(45)35(27-19-15-13-16-20-27)36(28-21-17-14-18-22-28)38(46)32-24-30(42(4,5)6)26-34(40(32)48)44(10,11)12/h13-26,35-36,45-48H,1-12H3/t35-,36-/m1/s1. The second kappa shape index (κ2) is 13.0. The zero-order valence-corrected chi connectivity index (χ0v) is 31.1. The van der Waals surface area contributed by atoms with Gasteiger partial charge in [0, 0.05) is 34.1 Å². The highest BCUT2D eigenvalue weighted by atomic mass is 16.3. The third kappa shape index (κ3) is 7.59. The van der Waals surface area contributed by atoms with Crippen molar-refractivity contribution in [2.75, 3.05) is 0 Å². The van der Waals surface area contributed by atoms with Crippen LogP contribution in [-0.4, -0.2) is 21.6 Å². The molecule has 2 atom stereocenters. The van der Waals surface area contributed by atoms with Crippen LogP contribution in [0.5, 0.6) is 11.5 Å². The highest BCUT2D eigenvalue weighted by Crippen LogP contribution is 2.46. The van der Waals surface area contributed by atoms with Gasteiger partial charge in [0.25, 0.3) is 0 Å². The molecule has 0 unspecified atom stereocenters. The summed E-state index contributed by atoms with van der Waals surface area (Å²) in [5, 5.41) is 43.9. The summed E-state index contributed by atoms with van der Waals surface area (Å²) in [5.41, 5.74) is 5.61. The number of hydrogen-bond donors (Lipinski definition) is 4. The van der Waals surface area contributed by atoms with Crippen molar-refractivity contribution in [3.05, 3.63) is 129 Å². The summed E-state index contributed by atoms with van der Waals surface area (Å²) in [4.78, 5) is 0. The summed E-state index contributed by atoms with van der Waals surface area (Å²) < 4.78 is 0. The van der Waals surface area contributed by atoms with E-state index in [1.54, 1.807) is 0 Å². The molecule has 0 saturated carbocycles. The maximum atomic E-state index is 12.0. The molecule has 0 fully saturated rings. The minimum Gasteiger partial charge on any atom is -0.507 e. The van der Waals surface area contributed by atoms with Crippen LogP contribution in [0.1, 0.15) is 139 Å². The van der Waals surface area contributed by atoms with Crippen LogP contribution in [0.2, 0.25) is 0 Å². The first-order valence-electron chi connectivity index (χ1n) is 17.1. The highest BCUT2D eigenvalue weighted by Gasteiger charge is 2.38. The molecular formula is C44H56N2O2. The average Bonchev–Trinajstić information content (AvgIpc) is 2.98. The number of hydrogen-bond acceptors (Lipinski definition) is 4. The Hall–Kier alpha value is -4.18. The number of aromatic hydroxyl groups is 2. The number of benzene rings is 4. The second-order valence-electron chi connectivity index (χ2n) is 17.4. The van der Waals surface area contributed by atoms with E-state index in [-0.39, 0.29) is 44.6 Å². The first kappa shape index (κ1) is 36.7. The first-order valence-corrected chi connectivity index (χ1v) is 17.1. The molecule has 48 heavy (non-hydrogen) atoms. The largest absolute Gasteiger partial charge is 0.507 e. The fourth-order valence-corrected chi connectivity index (χ4v) is 6.40. The number of rotatable bonds is 7. The Morgan fingerprint density at radius 3 is 1.00 bits per heavy atom. The van der Waals surface area contributed by atoms with Gasteiger partial charge in [-0.05, 0) is 56.0 Å². The Bertz CT molecular complexity index is 1660. The van der Waals surface area contributed by atoms with Gasteiger partial charge in [-0.1, -0.05) is 156 Å². The monoisotopic (exact) mass is 644 g/mol. The molecule has 4 heteroatoms. The Morgan fingerprint density at radius 1 is 0.458 bits per heavy atom. The van der Waals surface area contributed by atoms with Gasteiger partial charge in [0.2, 0.25) is 0 Å². The van der Waals surface area contributed by atoms with E-state index in [1.807, 2.05) is 72.8 Å². The van der Waals surface area contributed by atoms with Gasteiger partial charge in [0.05, 0.1) is 11.4 Å². The molecule has 254 valence electrons. The maximum absolute atomic E-state index is 12.0. The SMILES string of the molecule is CC(C)(C)c1cc(C(=N)[C@H](c2ccccc2)[C@H](C(=N)c2cc(C(C)(C)C)cc(C(C)(C)C)c2O)c2ccccc2)c(O)c(C(C)(C)C)c1. The van der Waals surface area contributed by atoms with Crippen molar-refractivity contribution in [1.82, 2.24) is 0 Å². The van der Waals surface area contributed by atoms with Gasteiger partial charge in [0.1, 0.15) is 11.5 Å². The van der Waals surface area contributed by atoms with Gasteiger partial charge in [-0.2, -0.15) is 0 Å². The lowest BCUT2D eigenvalue weighted by Gasteiger charge is -2.33. The van der Waals surface area contributed by atoms with Crippen LogP contribution >= 0.6 is 0 Å². The Morgan fingerprint density at radius 2 is 0.750 bits per heavy atom. The summed E-state index contributed by atoms with van der Waals surface area (Å²) in [6.45, 7) is 25.4. The van der Waals surface area contributed by atoms with Crippen LogP contribution in [0.4, 0.5) is 0 Å². The van der Waals surface area contributed by atoms with Crippen molar-refractivity contribution < 1.29 is 10.2 Å². The molecule has 0 amide bonds. The third-order valence-electron chi connectivity index (χ3n) is 9.42. The van der Waals surface area contributed by atoms with E-state index in [1.165, 1.54) is 0 Å². The molecule has 4 aromatic rings. The molecule has 0 aliphatic rings. The Kier molecular flexibility index (Phi) is 9.95. The summed E-state index contributed by atoms with van der Waals surface area (Å²) in [5.74, 6) is -1.09. The summed E-state index contributed by atoms with van der Waals surface area (Å²) in [7, 11) is 0. The van der Waals surface area contributed by atoms with Crippen LogP contribution < -0.4 is 0 Å². The minimum atomic E-state index is -0.647. The zero-order valence-electron chi connectivity index (χ0n) is 31.1. The number of phenols is 2. The van der Waals surface area contributed by atoms with Gasteiger partial charge in [-0.15, -0.1) is 0 Å². The van der Waals surface area contributed by atoms with Crippen LogP contribution in [0.15, 0.2) is 84.9 Å². The van der Waals surface area contributed by atoms with E-state index >= 15 is 0 Å². The third-order valence-corrected chi connectivity index (χ3v) is 9.42. The quantitative estimate of drug-likeness (QED) is 0.151. The molecule has 4 aromatic carbocycles. The Balaban J connectivity index is 2.10. The van der Waals surface area contributed by atoms with E-state index in [4.69, 9.17) is 0 Å². The van der Waals surface area contributed by atoms with Crippen LogP contribution in [0.3, 0.4) is 0 Å². The van der Waals surface area contributed by atoms with Crippen LogP contribution in [0.25, 0.3) is 0 Å². The van der Waals surface area contributed by atoms with Gasteiger partial charge in [0.15, 0.2) is 0 Å². The highest BCUT2D eigenvalue weighted by molar-refractivity contribution is 6.13. The van der Waals surface area contributed by atoms with Crippen molar-refractivity contribution >= 4 is 11.4 Å². The fraction of sp³-hybridized carbons (Fsp3) is 0.409. The molecule has 0 spiro atoms. The van der Waals surface area contributed by atoms with Gasteiger partial charge >= 0.3 is 0 Å². The molecule has 0 radical (unpaired) electrons. The van der Waals surface area contributed by atoms with Crippen molar-refractivity contribution in [2.45, 2.75) is 117 Å². The van der Waals surface area contributed by atoms with Gasteiger partial charge in [-0.3, -0.25) is 0 Å². The summed E-state index contributed by atoms with van der Waals surface area (Å²) >= 11 is 0. The van der Waals surface area contributed by atoms with E-state index < -0.39 is 11.8 Å². The normalized spacial score (nSPS) is 14.0. The molecule has 4 nitrogen and oxygen atoms in total. The van der Waals surface area contributed by atoms with Crippen molar-refractivity contribution in [2.24, 2.45) is 0 Å². The van der Waals surface area contributed by atoms with Crippen molar-refractivity contribution in [3.8, 4) is 11.5 Å². The van der Waals surface area contributed by atoms with Crippen LogP contribution in [-0.2, 0) is 21.7 Å². The lowest BCUT2D eigenvalue weighted by Crippen LogP contribution is -2.29. The summed E-state index contributed by atoms with van der Waals surface area (Å²) in [6, 6.07) is 27.8. The molecule has 0 aromatic heterocycles. The van der Waals surface area contributed by atoms with Gasteiger partial charge < -0.3 is 21.0 Å². The van der Waals surface area contributed by atoms with Crippen molar-refractivity contribution in [3.63, 3.8) is 0 Å². The minimum absolute atomic E-state index is 0.104. The van der Waals surface area contributed by atoms with Crippen LogP contribution in [0, 0.1) is 10.8 Å². The molecule has 0 aliphatic carbocycles. The molecule has 4 rings (SSSR count). The maximum Gasteiger partial charge on any atom is 0.128 e. The predicted octanol–water partition coefficient (Wildman–Crippen LogP) is 11.3. The first-order chi connectivity index (χ1) is 22.0. The Labute approximate surface area is 289 Å². The van der Waals surface area contributed by atoms with E-state index in [2.05, 4.69) is 95.2 Å². The molecule has 4 N–H and O–H groups in total. The second-order valence-corrected chi connectivity index (χ2v) is 17.4. The predicted molar refractivity (Wildman–Crippen MR) is 203 cm³/mol. The summed E-state index contributed by atoms with van der Waals surface area (Å²) in [6.07, 6.45) is 0. The molecular weight excluding hydrogens is 588 g/mol. The molecule has 0 saturated heterocycles. The van der Waals surface area contributed by atoms with Crippen molar-refractivity contribution in [1.29, 1.82) is 10.8 Å². The van der Waals surface area contributed by atoms with Gasteiger partial charge in [-0.25, -0.2) is 0 Å². The number of nitrogens with one attached hydrogen (secondary N) is 2. The van der Waals surface area contributed by atoms with E-state index in [0.717, 1.165) is 33.4 Å². The van der Waals surface area contributed by atoms with E-state index in [9.17, 15) is 21.0 Å². The molecule has 0 bridgehead atoms. The average molecular weight is 645 g/mol. The lowest BCUT2D eigenvalue weighted by molar-refractivity contribution is 0.441. The number of phenolic OH excluding ortho intramolecular Hbond substituents is 2. The van der Waals surface area contributed by atoms with E-state index in [0.29, 0.717) is 11.1 Å². The zero-order chi connectivity index (χ0) is 36.0.